The maximum atomic E-state index is 12.2. The Balaban J connectivity index is 1.72. The number of carbonyl (C=O) groups excluding carboxylic acids is 1. The molecular formula is C19H31N3O2. The summed E-state index contributed by atoms with van der Waals surface area (Å²) >= 11 is 0. The minimum absolute atomic E-state index is 0.0816. The van der Waals surface area contributed by atoms with Gasteiger partial charge in [-0.25, -0.2) is 0 Å². The SMILES string of the molecule is CC(CNC(=O)CC(C)(O)c1ccccc1)CN1CCN(C)CC1. The van der Waals surface area contributed by atoms with Gasteiger partial charge in [0.25, 0.3) is 0 Å². The van der Waals surface area contributed by atoms with Gasteiger partial charge >= 0.3 is 0 Å². The molecule has 0 aromatic heterocycles. The number of carbonyl (C=O) groups is 1. The van der Waals surface area contributed by atoms with Crippen molar-refractivity contribution >= 4 is 5.91 Å². The number of benzene rings is 1. The Kier molecular flexibility index (Phi) is 6.78. The molecule has 0 bridgehead atoms. The van der Waals surface area contributed by atoms with Gasteiger partial charge in [-0.05, 0) is 25.5 Å². The lowest BCUT2D eigenvalue weighted by Crippen LogP contribution is -2.47. The summed E-state index contributed by atoms with van der Waals surface area (Å²) in [6, 6.07) is 9.35. The van der Waals surface area contributed by atoms with E-state index in [2.05, 4.69) is 29.1 Å². The molecule has 2 rings (SSSR count). The highest BCUT2D eigenvalue weighted by atomic mass is 16.3. The highest BCUT2D eigenvalue weighted by Gasteiger charge is 2.26. The summed E-state index contributed by atoms with van der Waals surface area (Å²) in [4.78, 5) is 17.0. The molecule has 1 aliphatic rings. The van der Waals surface area contributed by atoms with Crippen molar-refractivity contribution < 1.29 is 9.90 Å². The van der Waals surface area contributed by atoms with E-state index in [0.29, 0.717) is 12.5 Å². The van der Waals surface area contributed by atoms with Crippen LogP contribution in [0.2, 0.25) is 0 Å². The molecule has 2 atom stereocenters. The van der Waals surface area contributed by atoms with Crippen molar-refractivity contribution in [1.82, 2.24) is 15.1 Å². The first-order valence-electron chi connectivity index (χ1n) is 8.82. The molecule has 134 valence electrons. The van der Waals surface area contributed by atoms with Gasteiger partial charge in [0.2, 0.25) is 5.91 Å². The van der Waals surface area contributed by atoms with Crippen LogP contribution >= 0.6 is 0 Å². The van der Waals surface area contributed by atoms with E-state index in [1.165, 1.54) is 0 Å². The molecule has 1 heterocycles. The molecule has 5 heteroatoms. The summed E-state index contributed by atoms with van der Waals surface area (Å²) < 4.78 is 0. The topological polar surface area (TPSA) is 55.8 Å². The minimum atomic E-state index is -1.13. The largest absolute Gasteiger partial charge is 0.385 e. The Hall–Kier alpha value is -1.43. The highest BCUT2D eigenvalue weighted by Crippen LogP contribution is 2.23. The maximum absolute atomic E-state index is 12.2. The number of rotatable bonds is 7. The third-order valence-electron chi connectivity index (χ3n) is 4.71. The second kappa shape index (κ2) is 8.60. The van der Waals surface area contributed by atoms with Crippen LogP contribution in [-0.2, 0) is 10.4 Å². The van der Waals surface area contributed by atoms with Crippen LogP contribution in [0.25, 0.3) is 0 Å². The second-order valence-corrected chi connectivity index (χ2v) is 7.33. The average molecular weight is 333 g/mol. The van der Waals surface area contributed by atoms with Crippen LogP contribution in [-0.4, -0.2) is 67.1 Å². The van der Waals surface area contributed by atoms with Crippen LogP contribution in [0.1, 0.15) is 25.8 Å². The summed E-state index contributed by atoms with van der Waals surface area (Å²) in [5.41, 5.74) is -0.364. The van der Waals surface area contributed by atoms with E-state index in [0.717, 1.165) is 38.3 Å². The van der Waals surface area contributed by atoms with Crippen LogP contribution in [0.4, 0.5) is 0 Å². The number of aliphatic hydroxyl groups is 1. The lowest BCUT2D eigenvalue weighted by atomic mass is 9.92. The maximum Gasteiger partial charge on any atom is 0.223 e. The van der Waals surface area contributed by atoms with E-state index in [1.54, 1.807) is 6.92 Å². The summed E-state index contributed by atoms with van der Waals surface area (Å²) in [5.74, 6) is 0.299. The molecule has 1 aliphatic heterocycles. The Morgan fingerprint density at radius 3 is 2.50 bits per heavy atom. The zero-order valence-electron chi connectivity index (χ0n) is 15.2. The third kappa shape index (κ3) is 5.89. The Morgan fingerprint density at radius 1 is 1.25 bits per heavy atom. The van der Waals surface area contributed by atoms with E-state index in [4.69, 9.17) is 0 Å². The first kappa shape index (κ1) is 18.9. The molecule has 0 spiro atoms. The van der Waals surface area contributed by atoms with Gasteiger partial charge in [-0.3, -0.25) is 4.79 Å². The van der Waals surface area contributed by atoms with Gasteiger partial charge in [0.05, 0.1) is 12.0 Å². The first-order valence-corrected chi connectivity index (χ1v) is 8.82. The molecule has 0 radical (unpaired) electrons. The van der Waals surface area contributed by atoms with Gasteiger partial charge in [0.15, 0.2) is 0 Å². The predicted octanol–water partition coefficient (Wildman–Crippen LogP) is 1.28. The predicted molar refractivity (Wildman–Crippen MR) is 96.7 cm³/mol. The molecule has 1 fully saturated rings. The number of nitrogens with zero attached hydrogens (tertiary/aromatic N) is 2. The van der Waals surface area contributed by atoms with Gasteiger partial charge < -0.3 is 20.2 Å². The fourth-order valence-electron chi connectivity index (χ4n) is 3.10. The van der Waals surface area contributed by atoms with Crippen molar-refractivity contribution in [3.63, 3.8) is 0 Å². The molecule has 5 nitrogen and oxygen atoms in total. The van der Waals surface area contributed by atoms with Crippen molar-refractivity contribution in [2.24, 2.45) is 5.92 Å². The quantitative estimate of drug-likeness (QED) is 0.789. The molecule has 2 N–H and O–H groups in total. The van der Waals surface area contributed by atoms with Gasteiger partial charge in [-0.2, -0.15) is 0 Å². The van der Waals surface area contributed by atoms with Crippen LogP contribution in [0.3, 0.4) is 0 Å². The molecule has 1 saturated heterocycles. The van der Waals surface area contributed by atoms with Gasteiger partial charge in [0, 0.05) is 39.3 Å². The number of hydrogen-bond donors (Lipinski definition) is 2. The Labute approximate surface area is 145 Å². The Bertz CT molecular complexity index is 511. The van der Waals surface area contributed by atoms with Crippen molar-refractivity contribution in [1.29, 1.82) is 0 Å². The average Bonchev–Trinajstić information content (AvgIpc) is 2.56. The smallest absolute Gasteiger partial charge is 0.223 e. The normalized spacial score (nSPS) is 20.3. The highest BCUT2D eigenvalue weighted by molar-refractivity contribution is 5.77. The summed E-state index contributed by atoms with van der Waals surface area (Å²) in [6.45, 7) is 9.91. The minimum Gasteiger partial charge on any atom is -0.385 e. The summed E-state index contributed by atoms with van der Waals surface area (Å²) in [7, 11) is 2.15. The number of nitrogens with one attached hydrogen (secondary N) is 1. The Morgan fingerprint density at radius 2 is 1.88 bits per heavy atom. The van der Waals surface area contributed by atoms with Crippen molar-refractivity contribution in [2.45, 2.75) is 25.9 Å². The zero-order valence-corrected chi connectivity index (χ0v) is 15.2. The summed E-state index contributed by atoms with van der Waals surface area (Å²) in [5, 5.41) is 13.5. The van der Waals surface area contributed by atoms with Crippen molar-refractivity contribution in [3.05, 3.63) is 35.9 Å². The van der Waals surface area contributed by atoms with Crippen LogP contribution < -0.4 is 5.32 Å². The lowest BCUT2D eigenvalue weighted by Gasteiger charge is -2.34. The second-order valence-electron chi connectivity index (χ2n) is 7.33. The molecule has 1 aromatic carbocycles. The van der Waals surface area contributed by atoms with Crippen LogP contribution in [0.15, 0.2) is 30.3 Å². The third-order valence-corrected chi connectivity index (χ3v) is 4.71. The molecule has 24 heavy (non-hydrogen) atoms. The molecule has 2 unspecified atom stereocenters. The van der Waals surface area contributed by atoms with E-state index in [9.17, 15) is 9.90 Å². The monoisotopic (exact) mass is 333 g/mol. The number of likely N-dealkylation sites (N-methyl/N-ethyl adjacent to an activating group) is 1. The van der Waals surface area contributed by atoms with E-state index in [1.807, 2.05) is 30.3 Å². The zero-order chi connectivity index (χ0) is 17.6. The van der Waals surface area contributed by atoms with E-state index < -0.39 is 5.60 Å². The molecule has 0 saturated carbocycles. The standard InChI is InChI=1S/C19H31N3O2/c1-16(15-22-11-9-21(3)10-12-22)14-20-18(23)13-19(2,24)17-7-5-4-6-8-17/h4-8,16,24H,9-15H2,1-3H3,(H,20,23). The molecular weight excluding hydrogens is 302 g/mol. The fraction of sp³-hybridized carbons (Fsp3) is 0.632. The van der Waals surface area contributed by atoms with Gasteiger partial charge in [0.1, 0.15) is 0 Å². The van der Waals surface area contributed by atoms with Crippen LogP contribution in [0.5, 0.6) is 0 Å². The van der Waals surface area contributed by atoms with Gasteiger partial charge in [-0.1, -0.05) is 37.3 Å². The number of hydrogen-bond acceptors (Lipinski definition) is 4. The van der Waals surface area contributed by atoms with E-state index in [-0.39, 0.29) is 12.3 Å². The lowest BCUT2D eigenvalue weighted by molar-refractivity contribution is -0.126. The summed E-state index contributed by atoms with van der Waals surface area (Å²) in [6.07, 6.45) is 0.0816. The molecule has 1 aromatic rings. The molecule has 0 aliphatic carbocycles. The van der Waals surface area contributed by atoms with Gasteiger partial charge in [-0.15, -0.1) is 0 Å². The number of amides is 1. The van der Waals surface area contributed by atoms with Crippen molar-refractivity contribution in [3.8, 4) is 0 Å². The van der Waals surface area contributed by atoms with Crippen LogP contribution in [0, 0.1) is 5.92 Å². The number of piperazine rings is 1. The molecule has 1 amide bonds. The fourth-order valence-corrected chi connectivity index (χ4v) is 3.10. The van der Waals surface area contributed by atoms with Crippen molar-refractivity contribution in [2.75, 3.05) is 46.3 Å². The first-order chi connectivity index (χ1) is 11.4. The van der Waals surface area contributed by atoms with E-state index >= 15 is 0 Å².